The van der Waals surface area contributed by atoms with Gasteiger partial charge in [-0.15, -0.1) is 0 Å². The van der Waals surface area contributed by atoms with Gasteiger partial charge < -0.3 is 15.0 Å². The second-order valence-corrected chi connectivity index (χ2v) is 9.54. The molecule has 0 aliphatic heterocycles. The van der Waals surface area contributed by atoms with Gasteiger partial charge in [0.05, 0.1) is 12.7 Å². The monoisotopic (exact) mass is 499 g/mol. The maximum atomic E-state index is 13.2. The molecule has 1 atom stereocenters. The van der Waals surface area contributed by atoms with Gasteiger partial charge in [0, 0.05) is 17.2 Å². The molecule has 2 N–H and O–H groups in total. The topological polar surface area (TPSA) is 84.2 Å². The van der Waals surface area contributed by atoms with Crippen LogP contribution in [-0.4, -0.2) is 38.3 Å². The third-order valence-electron chi connectivity index (χ3n) is 5.45. The van der Waals surface area contributed by atoms with Gasteiger partial charge >= 0.3 is 5.97 Å². The van der Waals surface area contributed by atoms with Gasteiger partial charge in [-0.05, 0) is 23.6 Å². The lowest BCUT2D eigenvalue weighted by Crippen LogP contribution is -2.43. The minimum atomic E-state index is -1.08. The number of nitrogens with zero attached hydrogens (tertiary/aromatic N) is 2. The Morgan fingerprint density at radius 1 is 1.09 bits per heavy atom. The number of unbranched alkanes of at least 4 members (excludes halogenated alkanes) is 3. The molecule has 8 heteroatoms. The summed E-state index contributed by atoms with van der Waals surface area (Å²) in [4.78, 5) is 29.6. The maximum absolute atomic E-state index is 13.2. The Kier molecular flexibility index (Phi) is 10.0. The van der Waals surface area contributed by atoms with E-state index < -0.39 is 17.9 Å². The number of carboxylic acid groups (broad SMARTS) is 1. The van der Waals surface area contributed by atoms with E-state index in [9.17, 15) is 14.7 Å². The van der Waals surface area contributed by atoms with E-state index in [0.29, 0.717) is 17.3 Å². The lowest BCUT2D eigenvalue weighted by Gasteiger charge is -2.17. The molecule has 180 valence electrons. The summed E-state index contributed by atoms with van der Waals surface area (Å²) >= 11 is 7.99. The highest BCUT2D eigenvalue weighted by atomic mass is 35.5. The zero-order chi connectivity index (χ0) is 24.3. The highest BCUT2D eigenvalue weighted by Gasteiger charge is 2.24. The van der Waals surface area contributed by atoms with Crippen LogP contribution in [0.15, 0.2) is 66.0 Å². The number of rotatable bonds is 13. The zero-order valence-corrected chi connectivity index (χ0v) is 20.8. The molecular weight excluding hydrogens is 470 g/mol. The summed E-state index contributed by atoms with van der Waals surface area (Å²) in [5, 5.41) is 13.7. The van der Waals surface area contributed by atoms with Crippen LogP contribution in [0.5, 0.6) is 0 Å². The summed E-state index contributed by atoms with van der Waals surface area (Å²) in [6.07, 6.45) is 6.30. The molecule has 6 nitrogen and oxygen atoms in total. The third-order valence-corrected chi connectivity index (χ3v) is 6.90. The molecule has 2 aromatic carbocycles. The predicted molar refractivity (Wildman–Crippen MR) is 137 cm³/mol. The highest BCUT2D eigenvalue weighted by molar-refractivity contribution is 7.99. The number of hydrogen-bond acceptors (Lipinski definition) is 4. The lowest BCUT2D eigenvalue weighted by atomic mass is 10.1. The number of imidazole rings is 1. The normalized spacial score (nSPS) is 11.8. The van der Waals surface area contributed by atoms with Crippen molar-refractivity contribution in [1.82, 2.24) is 14.9 Å². The average molecular weight is 500 g/mol. The third kappa shape index (κ3) is 7.37. The summed E-state index contributed by atoms with van der Waals surface area (Å²) in [6.45, 7) is 2.55. The van der Waals surface area contributed by atoms with Crippen LogP contribution in [-0.2, 0) is 17.8 Å². The number of thioether (sulfide) groups is 1. The number of halogens is 1. The summed E-state index contributed by atoms with van der Waals surface area (Å²) in [5.41, 5.74) is 2.02. The number of amides is 1. The molecule has 3 rings (SSSR count). The Morgan fingerprint density at radius 3 is 2.53 bits per heavy atom. The first-order valence-corrected chi connectivity index (χ1v) is 12.8. The molecule has 1 heterocycles. The minimum Gasteiger partial charge on any atom is -0.480 e. The second kappa shape index (κ2) is 13.2. The fourth-order valence-corrected chi connectivity index (χ4v) is 4.75. The first kappa shape index (κ1) is 25.8. The van der Waals surface area contributed by atoms with Crippen LogP contribution in [0.4, 0.5) is 0 Å². The quantitative estimate of drug-likeness (QED) is 0.233. The zero-order valence-electron chi connectivity index (χ0n) is 19.2. The van der Waals surface area contributed by atoms with Crippen molar-refractivity contribution in [2.24, 2.45) is 0 Å². The van der Waals surface area contributed by atoms with Crippen LogP contribution in [0.2, 0.25) is 5.02 Å². The lowest BCUT2D eigenvalue weighted by molar-refractivity contribution is -0.139. The van der Waals surface area contributed by atoms with Gasteiger partial charge in [-0.25, -0.2) is 9.78 Å². The van der Waals surface area contributed by atoms with Gasteiger partial charge in [0.2, 0.25) is 0 Å². The largest absolute Gasteiger partial charge is 0.480 e. The van der Waals surface area contributed by atoms with Crippen molar-refractivity contribution in [1.29, 1.82) is 0 Å². The summed E-state index contributed by atoms with van der Waals surface area (Å²) in [7, 11) is 0. The SMILES string of the molecule is CCCCCCSc1ncc(C(=O)N[C@@H](Cc2ccccc2)C(=O)O)n1Cc1ccccc1Cl. The smallest absolute Gasteiger partial charge is 0.326 e. The average Bonchev–Trinajstić information content (AvgIpc) is 3.23. The van der Waals surface area contributed by atoms with E-state index in [0.717, 1.165) is 34.9 Å². The Morgan fingerprint density at radius 2 is 1.82 bits per heavy atom. The van der Waals surface area contributed by atoms with Crippen molar-refractivity contribution in [2.75, 3.05) is 5.75 Å². The van der Waals surface area contributed by atoms with Crippen molar-refractivity contribution in [2.45, 2.75) is 56.8 Å². The fraction of sp³-hybridized carbons (Fsp3) is 0.346. The number of carbonyl (C=O) groups excluding carboxylic acids is 1. The van der Waals surface area contributed by atoms with Gasteiger partial charge in [-0.2, -0.15) is 0 Å². The van der Waals surface area contributed by atoms with Crippen molar-refractivity contribution in [3.05, 3.63) is 82.6 Å². The molecule has 0 spiro atoms. The number of benzene rings is 2. The number of aromatic nitrogens is 2. The van der Waals surface area contributed by atoms with Gasteiger partial charge in [0.15, 0.2) is 5.16 Å². The first-order chi connectivity index (χ1) is 16.5. The Bertz CT molecular complexity index is 1090. The molecule has 0 fully saturated rings. The van der Waals surface area contributed by atoms with Gasteiger partial charge in [-0.3, -0.25) is 4.79 Å². The van der Waals surface area contributed by atoms with Crippen LogP contribution in [0.1, 0.15) is 54.2 Å². The van der Waals surface area contributed by atoms with E-state index in [4.69, 9.17) is 11.6 Å². The fourth-order valence-electron chi connectivity index (χ4n) is 3.58. The molecule has 1 aromatic heterocycles. The molecule has 1 amide bonds. The molecule has 0 radical (unpaired) electrons. The number of nitrogens with one attached hydrogen (secondary N) is 1. The molecule has 0 bridgehead atoms. The van der Waals surface area contributed by atoms with E-state index >= 15 is 0 Å². The standard InChI is InChI=1S/C26H30ClN3O3S/c1-2-3-4-10-15-34-26-28-17-23(30(26)18-20-13-8-9-14-21(20)27)24(31)29-22(25(32)33)16-19-11-6-5-7-12-19/h5-9,11-14,17,22H,2-4,10,15-16,18H2,1H3,(H,29,31)(H,32,33)/t22-/m0/s1. The number of carboxylic acids is 1. The number of carbonyl (C=O) groups is 2. The van der Waals surface area contributed by atoms with Crippen LogP contribution in [0, 0.1) is 0 Å². The summed E-state index contributed by atoms with van der Waals surface area (Å²) in [6, 6.07) is 15.7. The van der Waals surface area contributed by atoms with Crippen molar-refractivity contribution in [3.63, 3.8) is 0 Å². The van der Waals surface area contributed by atoms with Gasteiger partial charge in [0.1, 0.15) is 11.7 Å². The molecule has 0 saturated carbocycles. The van der Waals surface area contributed by atoms with Gasteiger partial charge in [-0.1, -0.05) is 98.1 Å². The number of hydrogen-bond donors (Lipinski definition) is 2. The first-order valence-electron chi connectivity index (χ1n) is 11.5. The molecule has 0 saturated heterocycles. The molecule has 0 unspecified atom stereocenters. The maximum Gasteiger partial charge on any atom is 0.326 e. The molecule has 3 aromatic rings. The van der Waals surface area contributed by atoms with E-state index in [2.05, 4.69) is 17.2 Å². The van der Waals surface area contributed by atoms with E-state index in [-0.39, 0.29) is 6.42 Å². The van der Waals surface area contributed by atoms with Crippen molar-refractivity contribution >= 4 is 35.2 Å². The molecule has 0 aliphatic carbocycles. The van der Waals surface area contributed by atoms with Crippen molar-refractivity contribution < 1.29 is 14.7 Å². The number of aliphatic carboxylic acids is 1. The Hall–Kier alpha value is -2.77. The van der Waals surface area contributed by atoms with E-state index in [1.54, 1.807) is 11.8 Å². The Labute approximate surface area is 209 Å². The predicted octanol–water partition coefficient (Wildman–Crippen LogP) is 5.68. The highest BCUT2D eigenvalue weighted by Crippen LogP contribution is 2.24. The van der Waals surface area contributed by atoms with E-state index in [1.165, 1.54) is 19.0 Å². The molecule has 34 heavy (non-hydrogen) atoms. The van der Waals surface area contributed by atoms with Crippen molar-refractivity contribution in [3.8, 4) is 0 Å². The summed E-state index contributed by atoms with van der Waals surface area (Å²) < 4.78 is 1.82. The van der Waals surface area contributed by atoms with E-state index in [1.807, 2.05) is 59.2 Å². The van der Waals surface area contributed by atoms with Crippen LogP contribution in [0.3, 0.4) is 0 Å². The van der Waals surface area contributed by atoms with Crippen LogP contribution < -0.4 is 5.32 Å². The molecule has 0 aliphatic rings. The summed E-state index contributed by atoms with van der Waals surface area (Å²) in [5.74, 6) is -0.660. The molecular formula is C26H30ClN3O3S. The van der Waals surface area contributed by atoms with Gasteiger partial charge in [0.25, 0.3) is 5.91 Å². The van der Waals surface area contributed by atoms with Crippen LogP contribution >= 0.6 is 23.4 Å². The Balaban J connectivity index is 1.81. The minimum absolute atomic E-state index is 0.194. The van der Waals surface area contributed by atoms with Crippen LogP contribution in [0.25, 0.3) is 0 Å². The second-order valence-electron chi connectivity index (χ2n) is 8.07.